The van der Waals surface area contributed by atoms with Gasteiger partial charge in [0.05, 0.1) is 33.9 Å². The first-order valence-electron chi connectivity index (χ1n) is 8.66. The number of ether oxygens (including phenoxy) is 1. The minimum atomic E-state index is 0.307. The maximum Gasteiger partial charge on any atom is 0.137 e. The van der Waals surface area contributed by atoms with Crippen LogP contribution in [0, 0.1) is 11.3 Å². The molecule has 0 N–H and O–H groups in total. The lowest BCUT2D eigenvalue weighted by Crippen LogP contribution is -1.89. The molecule has 2 heterocycles. The molecule has 30 heavy (non-hydrogen) atoms. The summed E-state index contributed by atoms with van der Waals surface area (Å²) >= 11 is 19.8. The van der Waals surface area contributed by atoms with E-state index in [0.717, 1.165) is 16.5 Å². The van der Waals surface area contributed by atoms with Crippen molar-refractivity contribution in [2.24, 2.45) is 0 Å². The second-order valence-corrected chi connectivity index (χ2v) is 8.29. The molecular formula is C22H12Cl3N3OS. The number of fused-ring (bicyclic) bond motifs is 1. The lowest BCUT2D eigenvalue weighted by molar-refractivity contribution is 0.415. The van der Waals surface area contributed by atoms with Gasteiger partial charge in [-0.3, -0.25) is 0 Å². The molecule has 0 atom stereocenters. The molecule has 0 saturated carbocycles. The highest BCUT2D eigenvalue weighted by molar-refractivity contribution is 7.11. The number of halogens is 3. The van der Waals surface area contributed by atoms with Gasteiger partial charge in [0.25, 0.3) is 0 Å². The maximum atomic E-state index is 9.71. The highest BCUT2D eigenvalue weighted by Gasteiger charge is 2.12. The van der Waals surface area contributed by atoms with Crippen molar-refractivity contribution in [1.29, 1.82) is 5.26 Å². The zero-order valence-electron chi connectivity index (χ0n) is 15.5. The van der Waals surface area contributed by atoms with Crippen LogP contribution in [0.2, 0.25) is 15.2 Å². The molecule has 148 valence electrons. The summed E-state index contributed by atoms with van der Waals surface area (Å²) in [5, 5.41) is 14.2. The summed E-state index contributed by atoms with van der Waals surface area (Å²) in [7, 11) is 1.60. The number of nitriles is 1. The summed E-state index contributed by atoms with van der Waals surface area (Å²) in [6.45, 7) is 0. The number of methoxy groups -OCH3 is 1. The Kier molecular flexibility index (Phi) is 5.94. The highest BCUT2D eigenvalue weighted by atomic mass is 35.5. The fraction of sp³-hybridized carbons (Fsp3) is 0.0455. The summed E-state index contributed by atoms with van der Waals surface area (Å²) in [4.78, 5) is 8.99. The first kappa shape index (κ1) is 20.6. The smallest absolute Gasteiger partial charge is 0.137 e. The van der Waals surface area contributed by atoms with Crippen LogP contribution in [0.5, 0.6) is 5.75 Å². The lowest BCUT2D eigenvalue weighted by Gasteiger charge is -2.05. The van der Waals surface area contributed by atoms with Gasteiger partial charge in [0.15, 0.2) is 0 Å². The number of pyridine rings is 1. The molecule has 0 radical (unpaired) electrons. The Morgan fingerprint density at radius 3 is 2.63 bits per heavy atom. The molecule has 4 aromatic rings. The Morgan fingerprint density at radius 1 is 1.07 bits per heavy atom. The third kappa shape index (κ3) is 4.14. The van der Waals surface area contributed by atoms with Crippen molar-refractivity contribution in [1.82, 2.24) is 9.97 Å². The van der Waals surface area contributed by atoms with E-state index in [1.807, 2.05) is 35.7 Å². The standard InChI is InChI=1S/C22H12Cl3N3OS/c1-29-16-3-5-19-13(8-16)6-14(21(25)27-19)7-15(10-26)22-28-20(11-30-22)12-2-4-17(23)18(24)9-12/h2-9,11H,1H3/b15-7+. The predicted octanol–water partition coefficient (Wildman–Crippen LogP) is 7.39. The van der Waals surface area contributed by atoms with Gasteiger partial charge >= 0.3 is 0 Å². The molecule has 4 nitrogen and oxygen atoms in total. The largest absolute Gasteiger partial charge is 0.497 e. The van der Waals surface area contributed by atoms with Gasteiger partial charge in [0, 0.05) is 21.9 Å². The molecule has 2 aromatic carbocycles. The summed E-state index contributed by atoms with van der Waals surface area (Å²) in [6, 6.07) is 14.9. The van der Waals surface area contributed by atoms with Crippen LogP contribution < -0.4 is 4.74 Å². The Balaban J connectivity index is 1.74. The van der Waals surface area contributed by atoms with Crippen molar-refractivity contribution in [3.05, 3.63) is 73.6 Å². The number of hydrogen-bond acceptors (Lipinski definition) is 5. The summed E-state index contributed by atoms with van der Waals surface area (Å²) < 4.78 is 5.27. The van der Waals surface area contributed by atoms with Gasteiger partial charge in [-0.1, -0.05) is 40.9 Å². The highest BCUT2D eigenvalue weighted by Crippen LogP contribution is 2.32. The zero-order valence-corrected chi connectivity index (χ0v) is 18.6. The fourth-order valence-corrected chi connectivity index (χ4v) is 4.15. The molecule has 0 amide bonds. The Hall–Kier alpha value is -2.62. The third-order valence-electron chi connectivity index (χ3n) is 4.37. The van der Waals surface area contributed by atoms with Crippen molar-refractivity contribution in [3.8, 4) is 23.1 Å². The van der Waals surface area contributed by atoms with Crippen LogP contribution in [0.3, 0.4) is 0 Å². The minimum Gasteiger partial charge on any atom is -0.497 e. The predicted molar refractivity (Wildman–Crippen MR) is 124 cm³/mol. The summed E-state index contributed by atoms with van der Waals surface area (Å²) in [6.07, 6.45) is 1.69. The van der Waals surface area contributed by atoms with Crippen molar-refractivity contribution in [3.63, 3.8) is 0 Å². The maximum absolute atomic E-state index is 9.71. The average molecular weight is 473 g/mol. The first-order chi connectivity index (χ1) is 14.5. The van der Waals surface area contributed by atoms with E-state index in [1.165, 1.54) is 11.3 Å². The van der Waals surface area contributed by atoms with Crippen molar-refractivity contribution >= 4 is 68.7 Å². The first-order valence-corrected chi connectivity index (χ1v) is 10.7. The number of aromatic nitrogens is 2. The van der Waals surface area contributed by atoms with Crippen LogP contribution in [-0.2, 0) is 0 Å². The average Bonchev–Trinajstić information content (AvgIpc) is 3.24. The molecule has 4 rings (SSSR count). The van der Waals surface area contributed by atoms with Crippen LogP contribution in [0.15, 0.2) is 47.8 Å². The molecule has 0 aliphatic rings. The van der Waals surface area contributed by atoms with Crippen LogP contribution in [-0.4, -0.2) is 17.1 Å². The molecule has 0 bridgehead atoms. The number of benzene rings is 2. The van der Waals surface area contributed by atoms with Gasteiger partial charge in [0.2, 0.25) is 0 Å². The molecule has 8 heteroatoms. The summed E-state index contributed by atoms with van der Waals surface area (Å²) in [5.74, 6) is 0.716. The molecule has 0 aliphatic heterocycles. The fourth-order valence-electron chi connectivity index (χ4n) is 2.86. The number of hydrogen-bond donors (Lipinski definition) is 0. The molecule has 0 fully saturated rings. The van der Waals surface area contributed by atoms with Crippen molar-refractivity contribution in [2.45, 2.75) is 0 Å². The van der Waals surface area contributed by atoms with E-state index >= 15 is 0 Å². The van der Waals surface area contributed by atoms with Gasteiger partial charge in [-0.15, -0.1) is 11.3 Å². The minimum absolute atomic E-state index is 0.307. The van der Waals surface area contributed by atoms with Gasteiger partial charge in [-0.2, -0.15) is 5.26 Å². The number of allylic oxidation sites excluding steroid dienone is 1. The van der Waals surface area contributed by atoms with E-state index in [2.05, 4.69) is 16.0 Å². The van der Waals surface area contributed by atoms with Gasteiger partial charge in [-0.25, -0.2) is 9.97 Å². The van der Waals surface area contributed by atoms with Crippen molar-refractivity contribution in [2.75, 3.05) is 7.11 Å². The number of thiazole rings is 1. The molecule has 2 aromatic heterocycles. The van der Waals surface area contributed by atoms with E-state index < -0.39 is 0 Å². The normalized spacial score (nSPS) is 11.5. The Labute approximate surface area is 191 Å². The molecule has 0 spiro atoms. The quantitative estimate of drug-likeness (QED) is 0.229. The van der Waals surface area contributed by atoms with Crippen LogP contribution in [0.4, 0.5) is 0 Å². The van der Waals surface area contributed by atoms with E-state index in [9.17, 15) is 5.26 Å². The monoisotopic (exact) mass is 471 g/mol. The second kappa shape index (κ2) is 8.63. The van der Waals surface area contributed by atoms with Crippen LogP contribution in [0.25, 0.3) is 33.8 Å². The SMILES string of the molecule is COc1ccc2nc(Cl)c(/C=C(\C#N)c3nc(-c4ccc(Cl)c(Cl)c4)cs3)cc2c1. The second-order valence-electron chi connectivity index (χ2n) is 6.26. The zero-order chi connectivity index (χ0) is 21.3. The number of rotatable bonds is 4. The van der Waals surface area contributed by atoms with E-state index in [0.29, 0.717) is 42.8 Å². The summed E-state index contributed by atoms with van der Waals surface area (Å²) in [5.41, 5.74) is 3.29. The third-order valence-corrected chi connectivity index (χ3v) is 6.29. The van der Waals surface area contributed by atoms with Crippen LogP contribution >= 0.6 is 46.1 Å². The van der Waals surface area contributed by atoms with Crippen LogP contribution in [0.1, 0.15) is 10.6 Å². The number of nitrogens with zero attached hydrogens (tertiary/aromatic N) is 3. The van der Waals surface area contributed by atoms with Gasteiger partial charge < -0.3 is 4.74 Å². The molecule has 0 saturated heterocycles. The van der Waals surface area contributed by atoms with E-state index in [1.54, 1.807) is 25.3 Å². The molecular weight excluding hydrogens is 461 g/mol. The van der Waals surface area contributed by atoms with Gasteiger partial charge in [-0.05, 0) is 42.5 Å². The topological polar surface area (TPSA) is 58.8 Å². The molecule has 0 unspecified atom stereocenters. The Morgan fingerprint density at radius 2 is 1.90 bits per heavy atom. The lowest BCUT2D eigenvalue weighted by atomic mass is 10.1. The Bertz CT molecular complexity index is 1340. The van der Waals surface area contributed by atoms with E-state index in [4.69, 9.17) is 39.5 Å². The van der Waals surface area contributed by atoms with Crippen molar-refractivity contribution < 1.29 is 4.74 Å². The van der Waals surface area contributed by atoms with Gasteiger partial charge in [0.1, 0.15) is 22.0 Å². The molecule has 0 aliphatic carbocycles. The van der Waals surface area contributed by atoms with E-state index in [-0.39, 0.29) is 0 Å².